The van der Waals surface area contributed by atoms with Gasteiger partial charge in [0.15, 0.2) is 0 Å². The molecule has 1 aliphatic rings. The molecule has 1 unspecified atom stereocenters. The molecular weight excluding hydrogens is 219 g/mol. The van der Waals surface area contributed by atoms with Crippen LogP contribution >= 0.6 is 0 Å². The summed E-state index contributed by atoms with van der Waals surface area (Å²) in [7, 11) is 1.08. The number of alkyl halides is 3. The fourth-order valence-corrected chi connectivity index (χ4v) is 2.04. The van der Waals surface area contributed by atoms with E-state index < -0.39 is 12.4 Å². The number of halogens is 3. The molecule has 0 N–H and O–H groups in total. The monoisotopic (exact) mass is 231 g/mol. The maximum Gasteiger partial charge on any atom is 0.433 e. The van der Waals surface area contributed by atoms with Crippen LogP contribution in [-0.2, 0) is 11.2 Å². The molecule has 0 aliphatic carbocycles. The third-order valence-corrected chi connectivity index (χ3v) is 2.71. The number of methoxy groups -OCH3 is 1. The maximum atomic E-state index is 12.7. The average Bonchev–Trinajstić information content (AvgIpc) is 2.61. The summed E-state index contributed by atoms with van der Waals surface area (Å²) in [4.78, 5) is 1.26. The summed E-state index contributed by atoms with van der Waals surface area (Å²) >= 11 is 0. The molecule has 0 saturated carbocycles. The Labute approximate surface area is 91.6 Å². The third-order valence-electron chi connectivity index (χ3n) is 2.71. The second-order valence-electron chi connectivity index (χ2n) is 3.70. The van der Waals surface area contributed by atoms with Gasteiger partial charge in [-0.15, -0.1) is 0 Å². The second kappa shape index (κ2) is 3.97. The largest absolute Gasteiger partial charge is 0.433 e. The van der Waals surface area contributed by atoms with E-state index in [-0.39, 0.29) is 0 Å². The molecule has 0 radical (unpaired) electrons. The molecule has 16 heavy (non-hydrogen) atoms. The number of benzene rings is 1. The van der Waals surface area contributed by atoms with Crippen LogP contribution in [0.4, 0.5) is 18.9 Å². The molecule has 2 nitrogen and oxygen atoms in total. The van der Waals surface area contributed by atoms with E-state index in [0.29, 0.717) is 18.7 Å². The van der Waals surface area contributed by atoms with Crippen molar-refractivity contribution in [2.75, 3.05) is 18.6 Å². The molecule has 88 valence electrons. The van der Waals surface area contributed by atoms with Crippen LogP contribution in [0.2, 0.25) is 0 Å². The summed E-state index contributed by atoms with van der Waals surface area (Å²) in [5.74, 6) is 0. The Hall–Kier alpha value is -1.23. The van der Waals surface area contributed by atoms with Gasteiger partial charge in [-0.05, 0) is 18.1 Å². The van der Waals surface area contributed by atoms with Gasteiger partial charge in [0, 0.05) is 19.3 Å². The van der Waals surface area contributed by atoms with Crippen molar-refractivity contribution < 1.29 is 17.9 Å². The molecule has 1 atom stereocenters. The minimum Gasteiger partial charge on any atom is -0.353 e. The average molecular weight is 231 g/mol. The standard InChI is InChI=1S/C11H12F3NO/c1-16-10(11(12,13)14)15-7-6-8-4-2-3-5-9(8)15/h2-5,10H,6-7H2,1H3. The predicted molar refractivity (Wildman–Crippen MR) is 54.3 cm³/mol. The summed E-state index contributed by atoms with van der Waals surface area (Å²) < 4.78 is 42.7. The van der Waals surface area contributed by atoms with E-state index in [0.717, 1.165) is 12.7 Å². The highest BCUT2D eigenvalue weighted by atomic mass is 19.4. The van der Waals surface area contributed by atoms with Crippen LogP contribution in [0.1, 0.15) is 5.56 Å². The van der Waals surface area contributed by atoms with E-state index in [1.165, 1.54) is 4.90 Å². The van der Waals surface area contributed by atoms with Gasteiger partial charge in [0.2, 0.25) is 6.23 Å². The fraction of sp³-hybridized carbons (Fsp3) is 0.455. The first-order valence-corrected chi connectivity index (χ1v) is 4.98. The summed E-state index contributed by atoms with van der Waals surface area (Å²) in [5, 5.41) is 0. The van der Waals surface area contributed by atoms with Crippen molar-refractivity contribution in [2.24, 2.45) is 0 Å². The highest BCUT2D eigenvalue weighted by Crippen LogP contribution is 2.35. The van der Waals surface area contributed by atoms with Crippen molar-refractivity contribution in [3.8, 4) is 0 Å². The molecule has 1 aromatic rings. The van der Waals surface area contributed by atoms with Crippen molar-refractivity contribution in [1.82, 2.24) is 0 Å². The van der Waals surface area contributed by atoms with Crippen LogP contribution in [-0.4, -0.2) is 26.1 Å². The third kappa shape index (κ3) is 1.87. The number of para-hydroxylation sites is 1. The smallest absolute Gasteiger partial charge is 0.353 e. The van der Waals surface area contributed by atoms with Crippen LogP contribution in [0.3, 0.4) is 0 Å². The number of nitrogens with zero attached hydrogens (tertiary/aromatic N) is 1. The minimum absolute atomic E-state index is 0.345. The van der Waals surface area contributed by atoms with Gasteiger partial charge in [0.05, 0.1) is 0 Å². The maximum absolute atomic E-state index is 12.7. The van der Waals surface area contributed by atoms with Crippen molar-refractivity contribution >= 4 is 5.69 Å². The first-order valence-electron chi connectivity index (χ1n) is 4.98. The van der Waals surface area contributed by atoms with Crippen molar-refractivity contribution in [3.05, 3.63) is 29.8 Å². The normalized spacial score (nSPS) is 17.4. The summed E-state index contributed by atoms with van der Waals surface area (Å²) in [5.41, 5.74) is 1.56. The summed E-state index contributed by atoms with van der Waals surface area (Å²) in [6, 6.07) is 7.11. The quantitative estimate of drug-likeness (QED) is 0.775. The zero-order valence-electron chi connectivity index (χ0n) is 8.79. The molecule has 0 spiro atoms. The number of ether oxygens (including phenoxy) is 1. The van der Waals surface area contributed by atoms with E-state index in [2.05, 4.69) is 4.74 Å². The lowest BCUT2D eigenvalue weighted by Gasteiger charge is -2.30. The van der Waals surface area contributed by atoms with E-state index in [4.69, 9.17) is 0 Å². The van der Waals surface area contributed by atoms with Crippen LogP contribution < -0.4 is 4.90 Å². The second-order valence-corrected chi connectivity index (χ2v) is 3.70. The van der Waals surface area contributed by atoms with E-state index in [1.807, 2.05) is 12.1 Å². The van der Waals surface area contributed by atoms with Gasteiger partial charge >= 0.3 is 6.18 Å². The highest BCUT2D eigenvalue weighted by molar-refractivity contribution is 5.58. The van der Waals surface area contributed by atoms with Crippen LogP contribution in [0.25, 0.3) is 0 Å². The topological polar surface area (TPSA) is 12.5 Å². The molecule has 0 amide bonds. The first kappa shape index (κ1) is 11.3. The van der Waals surface area contributed by atoms with Gasteiger partial charge in [-0.25, -0.2) is 0 Å². The molecule has 2 rings (SSSR count). The number of hydrogen-bond donors (Lipinski definition) is 0. The lowest BCUT2D eigenvalue weighted by atomic mass is 10.2. The van der Waals surface area contributed by atoms with Gasteiger partial charge in [-0.1, -0.05) is 18.2 Å². The Balaban J connectivity index is 2.30. The minimum atomic E-state index is -4.37. The SMILES string of the molecule is COC(N1CCc2ccccc21)C(F)(F)F. The van der Waals surface area contributed by atoms with Crippen LogP contribution in [0.5, 0.6) is 0 Å². The summed E-state index contributed by atoms with van der Waals surface area (Å²) in [6.07, 6.45) is -5.59. The molecule has 0 bridgehead atoms. The lowest BCUT2D eigenvalue weighted by Crippen LogP contribution is -2.46. The molecule has 0 aromatic heterocycles. The zero-order valence-corrected chi connectivity index (χ0v) is 8.79. The van der Waals surface area contributed by atoms with E-state index in [1.54, 1.807) is 12.1 Å². The zero-order chi connectivity index (χ0) is 11.8. The Bertz CT molecular complexity index is 378. The highest BCUT2D eigenvalue weighted by Gasteiger charge is 2.45. The van der Waals surface area contributed by atoms with Crippen molar-refractivity contribution in [2.45, 2.75) is 18.8 Å². The number of rotatable bonds is 2. The van der Waals surface area contributed by atoms with Crippen LogP contribution in [0.15, 0.2) is 24.3 Å². The summed E-state index contributed by atoms with van der Waals surface area (Å²) in [6.45, 7) is 0.345. The Kier molecular flexibility index (Phi) is 2.80. The van der Waals surface area contributed by atoms with Crippen molar-refractivity contribution in [3.63, 3.8) is 0 Å². The van der Waals surface area contributed by atoms with Crippen LogP contribution in [0, 0.1) is 0 Å². The van der Waals surface area contributed by atoms with Gasteiger partial charge in [0.1, 0.15) is 0 Å². The number of fused-ring (bicyclic) bond motifs is 1. The van der Waals surface area contributed by atoms with E-state index in [9.17, 15) is 13.2 Å². The van der Waals surface area contributed by atoms with Gasteiger partial charge in [0.25, 0.3) is 0 Å². The van der Waals surface area contributed by atoms with Gasteiger partial charge in [-0.3, -0.25) is 0 Å². The molecule has 0 fully saturated rings. The molecule has 1 aromatic carbocycles. The molecular formula is C11H12F3NO. The molecule has 0 saturated heterocycles. The number of anilines is 1. The first-order chi connectivity index (χ1) is 7.54. The molecule has 5 heteroatoms. The Morgan fingerprint density at radius 3 is 2.62 bits per heavy atom. The van der Waals surface area contributed by atoms with Gasteiger partial charge in [-0.2, -0.15) is 13.2 Å². The van der Waals surface area contributed by atoms with Crippen molar-refractivity contribution in [1.29, 1.82) is 0 Å². The fourth-order valence-electron chi connectivity index (χ4n) is 2.04. The Morgan fingerprint density at radius 1 is 1.31 bits per heavy atom. The lowest BCUT2D eigenvalue weighted by molar-refractivity contribution is -0.211. The number of hydrogen-bond acceptors (Lipinski definition) is 2. The van der Waals surface area contributed by atoms with E-state index >= 15 is 0 Å². The predicted octanol–water partition coefficient (Wildman–Crippen LogP) is 2.58. The van der Waals surface area contributed by atoms with Gasteiger partial charge < -0.3 is 9.64 Å². The molecule has 1 aliphatic heterocycles. The Morgan fingerprint density at radius 2 is 2.00 bits per heavy atom. The molecule has 1 heterocycles.